The Balaban J connectivity index is 1.73. The number of fused-ring (bicyclic) bond motifs is 1. The number of aromatic nitrogens is 2. The molecule has 0 saturated carbocycles. The topological polar surface area (TPSA) is 84.4 Å². The van der Waals surface area contributed by atoms with Crippen molar-refractivity contribution in [2.45, 2.75) is 39.2 Å². The zero-order valence-electron chi connectivity index (χ0n) is 16.1. The third-order valence-electron chi connectivity index (χ3n) is 4.96. The fourth-order valence-electron chi connectivity index (χ4n) is 3.71. The number of amides is 1. The zero-order valence-corrected chi connectivity index (χ0v) is 16.1. The van der Waals surface area contributed by atoms with E-state index in [9.17, 15) is 9.59 Å². The first kappa shape index (κ1) is 19.1. The average Bonchev–Trinajstić information content (AvgIpc) is 2.66. The summed E-state index contributed by atoms with van der Waals surface area (Å²) in [6.07, 6.45) is 4.84. The van der Waals surface area contributed by atoms with Gasteiger partial charge in [-0.2, -0.15) is 0 Å². The summed E-state index contributed by atoms with van der Waals surface area (Å²) in [7, 11) is 1.33. The van der Waals surface area contributed by atoms with Gasteiger partial charge in [0.25, 0.3) is 0 Å². The van der Waals surface area contributed by atoms with E-state index >= 15 is 0 Å². The van der Waals surface area contributed by atoms with Gasteiger partial charge in [-0.15, -0.1) is 0 Å². The van der Waals surface area contributed by atoms with Gasteiger partial charge in [0.1, 0.15) is 0 Å². The number of carbonyl (C=O) groups is 2. The van der Waals surface area contributed by atoms with Crippen molar-refractivity contribution in [2.24, 2.45) is 5.92 Å². The molecule has 3 rings (SSSR count). The van der Waals surface area contributed by atoms with Crippen molar-refractivity contribution in [1.82, 2.24) is 15.3 Å². The van der Waals surface area contributed by atoms with Crippen LogP contribution in [-0.4, -0.2) is 48.1 Å². The molecule has 0 aromatic carbocycles. The molecule has 0 aliphatic carbocycles. The molecule has 7 heteroatoms. The number of hydrogen-bond donors (Lipinski definition) is 1. The van der Waals surface area contributed by atoms with Crippen molar-refractivity contribution >= 4 is 28.5 Å². The van der Waals surface area contributed by atoms with Crippen LogP contribution in [0.4, 0.5) is 5.69 Å². The third kappa shape index (κ3) is 4.53. The fraction of sp³-hybridized carbons (Fsp3) is 0.500. The lowest BCUT2D eigenvalue weighted by Crippen LogP contribution is -2.50. The Morgan fingerprint density at radius 3 is 2.89 bits per heavy atom. The van der Waals surface area contributed by atoms with E-state index in [1.165, 1.54) is 7.11 Å². The van der Waals surface area contributed by atoms with Gasteiger partial charge >= 0.3 is 5.97 Å². The number of carbonyl (C=O) groups excluding carboxylic acids is 2. The second-order valence-electron chi connectivity index (χ2n) is 7.21. The summed E-state index contributed by atoms with van der Waals surface area (Å²) in [5.74, 6) is -0.0563. The van der Waals surface area contributed by atoms with Crippen molar-refractivity contribution in [3.8, 4) is 0 Å². The second-order valence-corrected chi connectivity index (χ2v) is 7.21. The number of rotatable bonds is 5. The Labute approximate surface area is 159 Å². The SMILES string of the molecule is COC(=O)CCC(=O)NC1CC(C)CN(c2cnc(C)c3ncccc23)C1. The number of aryl methyl sites for hydroxylation is 1. The Morgan fingerprint density at radius 1 is 1.30 bits per heavy atom. The largest absolute Gasteiger partial charge is 0.469 e. The first-order chi connectivity index (χ1) is 13.0. The summed E-state index contributed by atoms with van der Waals surface area (Å²) in [5.41, 5.74) is 2.86. The van der Waals surface area contributed by atoms with Crippen LogP contribution in [0.15, 0.2) is 24.5 Å². The van der Waals surface area contributed by atoms with Gasteiger partial charge in [0.15, 0.2) is 0 Å². The highest BCUT2D eigenvalue weighted by atomic mass is 16.5. The van der Waals surface area contributed by atoms with Crippen LogP contribution in [0.1, 0.15) is 31.9 Å². The van der Waals surface area contributed by atoms with Crippen LogP contribution in [0.2, 0.25) is 0 Å². The molecule has 1 N–H and O–H groups in total. The molecular formula is C20H26N4O3. The lowest BCUT2D eigenvalue weighted by atomic mass is 9.95. The lowest BCUT2D eigenvalue weighted by molar-refractivity contribution is -0.142. The van der Waals surface area contributed by atoms with Gasteiger partial charge in [-0.25, -0.2) is 0 Å². The predicted molar refractivity (Wildman–Crippen MR) is 103 cm³/mol. The Kier molecular flexibility index (Phi) is 5.88. The standard InChI is InChI=1S/C20H26N4O3/c1-13-9-15(23-18(25)6-7-19(26)27-3)12-24(11-13)17-10-22-14(2)20-16(17)5-4-8-21-20/h4-5,8,10,13,15H,6-7,9,11-12H2,1-3H3,(H,23,25). The number of anilines is 1. The van der Waals surface area contributed by atoms with E-state index in [-0.39, 0.29) is 30.8 Å². The third-order valence-corrected chi connectivity index (χ3v) is 4.96. The summed E-state index contributed by atoms with van der Waals surface area (Å²) >= 11 is 0. The van der Waals surface area contributed by atoms with Crippen molar-refractivity contribution < 1.29 is 14.3 Å². The number of esters is 1. The lowest BCUT2D eigenvalue weighted by Gasteiger charge is -2.38. The molecule has 27 heavy (non-hydrogen) atoms. The van der Waals surface area contributed by atoms with E-state index in [2.05, 4.69) is 37.9 Å². The van der Waals surface area contributed by atoms with Crippen molar-refractivity contribution in [1.29, 1.82) is 0 Å². The summed E-state index contributed by atoms with van der Waals surface area (Å²) in [4.78, 5) is 34.7. The molecule has 0 bridgehead atoms. The van der Waals surface area contributed by atoms with E-state index in [4.69, 9.17) is 0 Å². The highest BCUT2D eigenvalue weighted by Gasteiger charge is 2.27. The molecule has 1 saturated heterocycles. The van der Waals surface area contributed by atoms with E-state index < -0.39 is 0 Å². The van der Waals surface area contributed by atoms with Crippen LogP contribution in [0, 0.1) is 12.8 Å². The molecule has 144 valence electrons. The van der Waals surface area contributed by atoms with Crippen LogP contribution < -0.4 is 10.2 Å². The van der Waals surface area contributed by atoms with E-state index in [0.717, 1.165) is 35.2 Å². The van der Waals surface area contributed by atoms with Gasteiger partial charge in [-0.1, -0.05) is 6.92 Å². The molecule has 7 nitrogen and oxygen atoms in total. The molecule has 2 unspecified atom stereocenters. The normalized spacial score (nSPS) is 19.7. The fourth-order valence-corrected chi connectivity index (χ4v) is 3.71. The van der Waals surface area contributed by atoms with Gasteiger partial charge in [-0.05, 0) is 31.4 Å². The Hall–Kier alpha value is -2.70. The minimum absolute atomic E-state index is 0.0342. The van der Waals surface area contributed by atoms with Gasteiger partial charge in [0, 0.05) is 37.1 Å². The summed E-state index contributed by atoms with van der Waals surface area (Å²) in [6, 6.07) is 4.03. The molecule has 3 heterocycles. The van der Waals surface area contributed by atoms with E-state index in [0.29, 0.717) is 12.5 Å². The first-order valence-electron chi connectivity index (χ1n) is 9.29. The maximum Gasteiger partial charge on any atom is 0.306 e. The minimum Gasteiger partial charge on any atom is -0.469 e. The highest BCUT2D eigenvalue weighted by Crippen LogP contribution is 2.30. The first-order valence-corrected chi connectivity index (χ1v) is 9.29. The summed E-state index contributed by atoms with van der Waals surface area (Å²) in [6.45, 7) is 5.76. The number of pyridine rings is 2. The smallest absolute Gasteiger partial charge is 0.306 e. The number of piperidine rings is 1. The number of nitrogens with one attached hydrogen (secondary N) is 1. The molecule has 1 aliphatic rings. The average molecular weight is 370 g/mol. The van der Waals surface area contributed by atoms with Crippen LogP contribution in [0.5, 0.6) is 0 Å². The molecule has 1 fully saturated rings. The molecule has 1 amide bonds. The number of ether oxygens (including phenoxy) is 1. The molecule has 2 aromatic heterocycles. The number of methoxy groups -OCH3 is 1. The van der Waals surface area contributed by atoms with Crippen molar-refractivity contribution in [3.63, 3.8) is 0 Å². The zero-order chi connectivity index (χ0) is 19.4. The molecule has 2 aromatic rings. The van der Waals surface area contributed by atoms with Gasteiger partial charge in [0.05, 0.1) is 36.6 Å². The molecule has 0 radical (unpaired) electrons. The summed E-state index contributed by atoms with van der Waals surface area (Å²) < 4.78 is 4.59. The molecular weight excluding hydrogens is 344 g/mol. The van der Waals surface area contributed by atoms with Gasteiger partial charge < -0.3 is 15.0 Å². The van der Waals surface area contributed by atoms with Crippen LogP contribution in [-0.2, 0) is 14.3 Å². The van der Waals surface area contributed by atoms with Crippen molar-refractivity contribution in [3.05, 3.63) is 30.2 Å². The van der Waals surface area contributed by atoms with E-state index in [1.54, 1.807) is 6.20 Å². The molecule has 0 spiro atoms. The molecule has 1 aliphatic heterocycles. The second kappa shape index (κ2) is 8.33. The maximum atomic E-state index is 12.2. The van der Waals surface area contributed by atoms with E-state index in [1.807, 2.05) is 19.2 Å². The number of hydrogen-bond acceptors (Lipinski definition) is 6. The molecule has 2 atom stereocenters. The Bertz CT molecular complexity index is 839. The van der Waals surface area contributed by atoms with Crippen LogP contribution in [0.3, 0.4) is 0 Å². The van der Waals surface area contributed by atoms with Gasteiger partial charge in [-0.3, -0.25) is 19.6 Å². The number of nitrogens with zero attached hydrogens (tertiary/aromatic N) is 3. The predicted octanol–water partition coefficient (Wildman–Crippen LogP) is 2.22. The van der Waals surface area contributed by atoms with Crippen LogP contribution in [0.25, 0.3) is 10.9 Å². The Morgan fingerprint density at radius 2 is 2.11 bits per heavy atom. The monoisotopic (exact) mass is 370 g/mol. The van der Waals surface area contributed by atoms with Gasteiger partial charge in [0.2, 0.25) is 5.91 Å². The minimum atomic E-state index is -0.367. The van der Waals surface area contributed by atoms with Crippen LogP contribution >= 0.6 is 0 Å². The maximum absolute atomic E-state index is 12.2. The summed E-state index contributed by atoms with van der Waals surface area (Å²) in [5, 5.41) is 4.14. The van der Waals surface area contributed by atoms with Crippen molar-refractivity contribution in [2.75, 3.05) is 25.1 Å². The quantitative estimate of drug-likeness (QED) is 0.813. The highest BCUT2D eigenvalue weighted by molar-refractivity contribution is 5.92.